The lowest BCUT2D eigenvalue weighted by Gasteiger charge is -2.10. The van der Waals surface area contributed by atoms with Gasteiger partial charge in [-0.2, -0.15) is 5.10 Å². The van der Waals surface area contributed by atoms with E-state index in [0.717, 1.165) is 12.0 Å². The van der Waals surface area contributed by atoms with Crippen LogP contribution in [0.3, 0.4) is 0 Å². The van der Waals surface area contributed by atoms with Gasteiger partial charge in [0.15, 0.2) is 6.61 Å². The minimum absolute atomic E-state index is 0.143. The Hall–Kier alpha value is -3.87. The van der Waals surface area contributed by atoms with Crippen molar-refractivity contribution in [2.45, 2.75) is 33.1 Å². The molecule has 0 aliphatic heterocycles. The summed E-state index contributed by atoms with van der Waals surface area (Å²) in [5.74, 6) is 1.47. The molecule has 1 aromatic heterocycles. The number of rotatable bonds is 10. The van der Waals surface area contributed by atoms with E-state index in [1.165, 1.54) is 11.8 Å². The van der Waals surface area contributed by atoms with Gasteiger partial charge in [-0.05, 0) is 61.2 Å². The number of nitrogens with one attached hydrogen (secondary N) is 1. The highest BCUT2D eigenvalue weighted by Gasteiger charge is 2.09. The number of hydrazone groups is 1. The lowest BCUT2D eigenvalue weighted by Crippen LogP contribution is -2.24. The highest BCUT2D eigenvalue weighted by Crippen LogP contribution is 2.23. The van der Waals surface area contributed by atoms with E-state index in [4.69, 9.17) is 13.9 Å². The van der Waals surface area contributed by atoms with Crippen LogP contribution >= 0.6 is 0 Å². The summed E-state index contributed by atoms with van der Waals surface area (Å²) in [6, 6.07) is 18.2. The van der Waals surface area contributed by atoms with Crippen molar-refractivity contribution in [2.24, 2.45) is 5.10 Å². The molecule has 1 N–H and O–H groups in total. The third-order valence-electron chi connectivity index (χ3n) is 5.12. The van der Waals surface area contributed by atoms with Crippen molar-refractivity contribution >= 4 is 18.1 Å². The molecular weight excluding hydrogens is 420 g/mol. The van der Waals surface area contributed by atoms with Gasteiger partial charge in [0, 0.05) is 5.56 Å². The molecule has 2 aromatic carbocycles. The fourth-order valence-electron chi connectivity index (χ4n) is 3.04. The van der Waals surface area contributed by atoms with Crippen LogP contribution in [0.5, 0.6) is 5.75 Å². The molecule has 0 radical (unpaired) electrons. The van der Waals surface area contributed by atoms with Crippen molar-refractivity contribution in [1.82, 2.24) is 5.43 Å². The van der Waals surface area contributed by atoms with Gasteiger partial charge in [-0.1, -0.05) is 38.1 Å². The summed E-state index contributed by atoms with van der Waals surface area (Å²) in [4.78, 5) is 23.7. The minimum Gasteiger partial charge on any atom is -0.484 e. The molecule has 7 heteroatoms. The van der Waals surface area contributed by atoms with Crippen molar-refractivity contribution in [3.63, 3.8) is 0 Å². The molecule has 0 saturated heterocycles. The molecule has 7 nitrogen and oxygen atoms in total. The van der Waals surface area contributed by atoms with E-state index in [1.54, 1.807) is 43.3 Å². The van der Waals surface area contributed by atoms with Crippen molar-refractivity contribution in [3.05, 3.63) is 77.6 Å². The van der Waals surface area contributed by atoms with E-state index >= 15 is 0 Å². The molecule has 1 amide bonds. The van der Waals surface area contributed by atoms with Crippen molar-refractivity contribution in [3.8, 4) is 17.1 Å². The maximum Gasteiger partial charge on any atom is 0.338 e. The Labute approximate surface area is 193 Å². The molecule has 0 aliphatic rings. The van der Waals surface area contributed by atoms with Crippen LogP contribution in [0.2, 0.25) is 0 Å². The number of carbonyl (C=O) groups excluding carboxylic acids is 2. The first-order valence-corrected chi connectivity index (χ1v) is 10.9. The molecule has 0 aliphatic carbocycles. The number of ether oxygens (including phenoxy) is 2. The molecule has 1 heterocycles. The molecule has 0 unspecified atom stereocenters. The summed E-state index contributed by atoms with van der Waals surface area (Å²) in [5, 5.41) is 3.91. The second-order valence-electron chi connectivity index (χ2n) is 7.46. The maximum atomic E-state index is 12.0. The summed E-state index contributed by atoms with van der Waals surface area (Å²) in [5.41, 5.74) is 4.94. The summed E-state index contributed by atoms with van der Waals surface area (Å²) in [6.45, 7) is 6.27. The highest BCUT2D eigenvalue weighted by atomic mass is 16.5. The number of hydrogen-bond donors (Lipinski definition) is 1. The maximum absolute atomic E-state index is 12.0. The van der Waals surface area contributed by atoms with Crippen LogP contribution in [0, 0.1) is 0 Å². The van der Waals surface area contributed by atoms with E-state index in [2.05, 4.69) is 24.4 Å². The van der Waals surface area contributed by atoms with Gasteiger partial charge in [0.1, 0.15) is 17.3 Å². The van der Waals surface area contributed by atoms with Crippen LogP contribution < -0.4 is 10.2 Å². The van der Waals surface area contributed by atoms with E-state index in [9.17, 15) is 9.59 Å². The van der Waals surface area contributed by atoms with Crippen LogP contribution in [0.4, 0.5) is 0 Å². The number of hydrogen-bond acceptors (Lipinski definition) is 6. The minimum atomic E-state index is -0.376. The number of carbonyl (C=O) groups is 2. The van der Waals surface area contributed by atoms with Crippen molar-refractivity contribution in [2.75, 3.05) is 13.2 Å². The quantitative estimate of drug-likeness (QED) is 0.263. The Bertz CT molecular complexity index is 1080. The molecule has 1 atom stereocenters. The van der Waals surface area contributed by atoms with Crippen molar-refractivity contribution < 1.29 is 23.5 Å². The molecule has 3 rings (SSSR count). The number of amides is 1. The van der Waals surface area contributed by atoms with Crippen molar-refractivity contribution in [1.29, 1.82) is 0 Å². The summed E-state index contributed by atoms with van der Waals surface area (Å²) >= 11 is 0. The number of esters is 1. The van der Waals surface area contributed by atoms with E-state index < -0.39 is 0 Å². The predicted molar refractivity (Wildman–Crippen MR) is 126 cm³/mol. The second-order valence-corrected chi connectivity index (χ2v) is 7.46. The van der Waals surface area contributed by atoms with Gasteiger partial charge < -0.3 is 13.9 Å². The highest BCUT2D eigenvalue weighted by molar-refractivity contribution is 5.90. The topological polar surface area (TPSA) is 90.1 Å². The Morgan fingerprint density at radius 2 is 1.76 bits per heavy atom. The van der Waals surface area contributed by atoms with Gasteiger partial charge in [0.25, 0.3) is 5.91 Å². The van der Waals surface area contributed by atoms with Crippen LogP contribution in [-0.4, -0.2) is 31.3 Å². The first-order chi connectivity index (χ1) is 16.0. The first kappa shape index (κ1) is 23.8. The molecule has 33 heavy (non-hydrogen) atoms. The molecular formula is C26H28N2O5. The first-order valence-electron chi connectivity index (χ1n) is 10.9. The lowest BCUT2D eigenvalue weighted by atomic mass is 9.99. The third kappa shape index (κ3) is 6.80. The fourth-order valence-corrected chi connectivity index (χ4v) is 3.04. The fraction of sp³-hybridized carbons (Fsp3) is 0.269. The van der Waals surface area contributed by atoms with E-state index in [0.29, 0.717) is 35.4 Å². The Balaban J connectivity index is 1.48. The van der Waals surface area contributed by atoms with Crippen LogP contribution in [0.15, 0.2) is 70.2 Å². The summed E-state index contributed by atoms with van der Waals surface area (Å²) in [6.07, 6.45) is 2.48. The molecule has 0 fully saturated rings. The second kappa shape index (κ2) is 11.7. The van der Waals surface area contributed by atoms with Crippen LogP contribution in [0.1, 0.15) is 54.8 Å². The molecule has 0 spiro atoms. The summed E-state index contributed by atoms with van der Waals surface area (Å²) < 4.78 is 16.2. The number of benzene rings is 2. The standard InChI is InChI=1S/C26H28N2O5/c1-4-18(3)19-10-12-22(13-11-19)32-17-25(29)28-27-16-23-14-15-24(33-23)20-6-8-21(9-7-20)26(30)31-5-2/h6-16,18H,4-5,17H2,1-3H3,(H,28,29)/b27-16+/t18-/m0/s1. The lowest BCUT2D eigenvalue weighted by molar-refractivity contribution is -0.123. The van der Waals surface area contributed by atoms with E-state index in [1.807, 2.05) is 24.3 Å². The summed E-state index contributed by atoms with van der Waals surface area (Å²) in [7, 11) is 0. The monoisotopic (exact) mass is 448 g/mol. The van der Waals surface area contributed by atoms with Gasteiger partial charge in [-0.25, -0.2) is 10.2 Å². The normalized spacial score (nSPS) is 11.8. The Morgan fingerprint density at radius 1 is 1.03 bits per heavy atom. The molecule has 172 valence electrons. The van der Waals surface area contributed by atoms with Gasteiger partial charge in [0.2, 0.25) is 0 Å². The van der Waals surface area contributed by atoms with Crippen LogP contribution in [0.25, 0.3) is 11.3 Å². The SMILES string of the molecule is CCOC(=O)c1ccc(-c2ccc(/C=N/NC(=O)COc3ccc([C@@H](C)CC)cc3)o2)cc1. The molecule has 0 saturated carbocycles. The predicted octanol–water partition coefficient (Wildman–Crippen LogP) is 5.17. The van der Waals surface area contributed by atoms with E-state index in [-0.39, 0.29) is 18.5 Å². The Kier molecular flexibility index (Phi) is 8.41. The van der Waals surface area contributed by atoms with Crippen LogP contribution in [-0.2, 0) is 9.53 Å². The third-order valence-corrected chi connectivity index (χ3v) is 5.12. The van der Waals surface area contributed by atoms with Gasteiger partial charge >= 0.3 is 5.97 Å². The zero-order valence-corrected chi connectivity index (χ0v) is 19.0. The van der Waals surface area contributed by atoms with Gasteiger partial charge in [-0.3, -0.25) is 4.79 Å². The smallest absolute Gasteiger partial charge is 0.338 e. The average molecular weight is 449 g/mol. The van der Waals surface area contributed by atoms with Gasteiger partial charge in [0.05, 0.1) is 18.4 Å². The molecule has 0 bridgehead atoms. The number of nitrogens with zero attached hydrogens (tertiary/aromatic N) is 1. The average Bonchev–Trinajstić information content (AvgIpc) is 3.32. The largest absolute Gasteiger partial charge is 0.484 e. The Morgan fingerprint density at radius 3 is 2.42 bits per heavy atom. The molecule has 3 aromatic rings. The van der Waals surface area contributed by atoms with Gasteiger partial charge in [-0.15, -0.1) is 0 Å². The zero-order chi connectivity index (χ0) is 23.6. The zero-order valence-electron chi connectivity index (χ0n) is 19.0. The number of furan rings is 1.